The summed E-state index contributed by atoms with van der Waals surface area (Å²) in [6.07, 6.45) is 4.47. The van der Waals surface area contributed by atoms with Gasteiger partial charge in [0.25, 0.3) is 0 Å². The maximum Gasteiger partial charge on any atom is 0.339 e. The van der Waals surface area contributed by atoms with E-state index in [1.807, 2.05) is 0 Å². The zero-order chi connectivity index (χ0) is 19.2. The van der Waals surface area contributed by atoms with Gasteiger partial charge in [-0.1, -0.05) is 43.5 Å². The number of carbonyl (C=O) groups excluding carboxylic acids is 2. The van der Waals surface area contributed by atoms with Crippen LogP contribution in [0, 0.1) is 0 Å². The molecule has 134 valence electrons. The standard InChI is InChI=1S/C14H14O4.C5H8O2/c1-3-9-17-13(15)11-7-5-6-8-12(11)14(16)18-10-4-2;1-3-4(2)5(6)7/h3-8H,1-2,9-10H2;3H,1-2H3,(H,6,7). The molecule has 0 aromatic heterocycles. The van der Waals surface area contributed by atoms with Gasteiger partial charge in [-0.05, 0) is 26.0 Å². The number of carboxylic acids is 1. The van der Waals surface area contributed by atoms with Crippen molar-refractivity contribution < 1.29 is 29.0 Å². The molecule has 0 bridgehead atoms. The quantitative estimate of drug-likeness (QED) is 0.462. The van der Waals surface area contributed by atoms with Gasteiger partial charge in [0, 0.05) is 5.57 Å². The lowest BCUT2D eigenvalue weighted by molar-refractivity contribution is -0.132. The number of hydrogen-bond acceptors (Lipinski definition) is 5. The van der Waals surface area contributed by atoms with Crippen molar-refractivity contribution in [1.82, 2.24) is 0 Å². The Bertz CT molecular complexity index is 615. The topological polar surface area (TPSA) is 89.9 Å². The summed E-state index contributed by atoms with van der Waals surface area (Å²) in [5.41, 5.74) is 0.738. The highest BCUT2D eigenvalue weighted by atomic mass is 16.5. The van der Waals surface area contributed by atoms with Crippen LogP contribution >= 0.6 is 0 Å². The number of hydrogen-bond donors (Lipinski definition) is 1. The number of benzene rings is 1. The van der Waals surface area contributed by atoms with E-state index in [1.54, 1.807) is 32.1 Å². The highest BCUT2D eigenvalue weighted by molar-refractivity contribution is 6.03. The molecule has 6 heteroatoms. The molecule has 0 spiro atoms. The number of carboxylic acid groups (broad SMARTS) is 1. The molecule has 0 amide bonds. The van der Waals surface area contributed by atoms with Crippen LogP contribution < -0.4 is 0 Å². The van der Waals surface area contributed by atoms with E-state index in [1.165, 1.54) is 24.3 Å². The Labute approximate surface area is 147 Å². The lowest BCUT2D eigenvalue weighted by Gasteiger charge is -2.07. The van der Waals surface area contributed by atoms with Gasteiger partial charge in [-0.25, -0.2) is 14.4 Å². The van der Waals surface area contributed by atoms with Crippen LogP contribution in [0.5, 0.6) is 0 Å². The third-order valence-corrected chi connectivity index (χ3v) is 2.80. The van der Waals surface area contributed by atoms with Crippen LogP contribution in [-0.2, 0) is 14.3 Å². The first kappa shape index (κ1) is 21.9. The summed E-state index contributed by atoms with van der Waals surface area (Å²) >= 11 is 0. The second-order valence-electron chi connectivity index (χ2n) is 4.60. The minimum absolute atomic E-state index is 0.0921. The highest BCUT2D eigenvalue weighted by Crippen LogP contribution is 2.12. The van der Waals surface area contributed by atoms with Crippen molar-refractivity contribution in [2.45, 2.75) is 13.8 Å². The molecule has 0 fully saturated rings. The van der Waals surface area contributed by atoms with Gasteiger partial charge >= 0.3 is 17.9 Å². The van der Waals surface area contributed by atoms with E-state index in [-0.39, 0.29) is 24.3 Å². The minimum Gasteiger partial charge on any atom is -0.478 e. The van der Waals surface area contributed by atoms with Crippen molar-refractivity contribution in [2.24, 2.45) is 0 Å². The summed E-state index contributed by atoms with van der Waals surface area (Å²) in [6, 6.07) is 6.31. The molecule has 0 saturated heterocycles. The average Bonchev–Trinajstić information content (AvgIpc) is 2.63. The smallest absolute Gasteiger partial charge is 0.339 e. The van der Waals surface area contributed by atoms with E-state index in [9.17, 15) is 14.4 Å². The van der Waals surface area contributed by atoms with Crippen molar-refractivity contribution in [2.75, 3.05) is 13.2 Å². The van der Waals surface area contributed by atoms with Crippen molar-refractivity contribution in [3.63, 3.8) is 0 Å². The normalized spacial score (nSPS) is 9.92. The summed E-state index contributed by atoms with van der Waals surface area (Å²) in [5, 5.41) is 8.11. The predicted octanol–water partition coefficient (Wildman–Crippen LogP) is 3.41. The Hall–Kier alpha value is -3.15. The maximum absolute atomic E-state index is 11.7. The minimum atomic E-state index is -0.845. The van der Waals surface area contributed by atoms with Gasteiger partial charge in [-0.3, -0.25) is 0 Å². The SMILES string of the molecule is C=CCOC(=O)c1ccccc1C(=O)OCC=C.CC=C(C)C(=O)O. The Kier molecular flexibility index (Phi) is 10.7. The first-order valence-corrected chi connectivity index (χ1v) is 7.40. The molecule has 0 atom stereocenters. The largest absolute Gasteiger partial charge is 0.478 e. The van der Waals surface area contributed by atoms with E-state index in [2.05, 4.69) is 13.2 Å². The molecule has 0 aliphatic rings. The molecule has 1 rings (SSSR count). The summed E-state index contributed by atoms with van der Waals surface area (Å²) in [6.45, 7) is 10.3. The predicted molar refractivity (Wildman–Crippen MR) is 94.5 cm³/mol. The first-order chi connectivity index (χ1) is 11.9. The third-order valence-electron chi connectivity index (χ3n) is 2.80. The van der Waals surface area contributed by atoms with E-state index >= 15 is 0 Å². The molecule has 6 nitrogen and oxygen atoms in total. The molecule has 1 aromatic rings. The Morgan fingerprint density at radius 2 is 1.40 bits per heavy atom. The van der Waals surface area contributed by atoms with Crippen LogP contribution in [0.3, 0.4) is 0 Å². The van der Waals surface area contributed by atoms with Gasteiger partial charge in [0.05, 0.1) is 11.1 Å². The Balaban J connectivity index is 0.000000697. The van der Waals surface area contributed by atoms with E-state index in [0.717, 1.165) is 0 Å². The lowest BCUT2D eigenvalue weighted by Crippen LogP contribution is -2.14. The number of ether oxygens (including phenoxy) is 2. The van der Waals surface area contributed by atoms with Gasteiger partial charge in [0.2, 0.25) is 0 Å². The average molecular weight is 346 g/mol. The van der Waals surface area contributed by atoms with E-state index in [0.29, 0.717) is 5.57 Å². The number of allylic oxidation sites excluding steroid dienone is 1. The van der Waals surface area contributed by atoms with Gasteiger partial charge in [-0.15, -0.1) is 0 Å². The molecule has 0 aliphatic heterocycles. The molecule has 0 aliphatic carbocycles. The van der Waals surface area contributed by atoms with Crippen LogP contribution in [0.4, 0.5) is 0 Å². The van der Waals surface area contributed by atoms with Crippen molar-refractivity contribution >= 4 is 17.9 Å². The summed E-state index contributed by atoms with van der Waals surface area (Å²) in [4.78, 5) is 33.3. The molecule has 0 heterocycles. The van der Waals surface area contributed by atoms with Gasteiger partial charge in [0.1, 0.15) is 13.2 Å². The monoisotopic (exact) mass is 346 g/mol. The molecular formula is C19H22O6. The van der Waals surface area contributed by atoms with Crippen LogP contribution in [0.2, 0.25) is 0 Å². The van der Waals surface area contributed by atoms with Gasteiger partial charge < -0.3 is 14.6 Å². The van der Waals surface area contributed by atoms with Gasteiger partial charge in [0.15, 0.2) is 0 Å². The third kappa shape index (κ3) is 8.31. The summed E-state index contributed by atoms with van der Waals surface area (Å²) in [5.74, 6) is -2.01. The molecular weight excluding hydrogens is 324 g/mol. The fraction of sp³-hybridized carbons (Fsp3) is 0.211. The highest BCUT2D eigenvalue weighted by Gasteiger charge is 2.18. The zero-order valence-corrected chi connectivity index (χ0v) is 14.4. The summed E-state index contributed by atoms with van der Waals surface area (Å²) < 4.78 is 9.78. The van der Waals surface area contributed by atoms with Crippen LogP contribution in [0.1, 0.15) is 34.6 Å². The van der Waals surface area contributed by atoms with Crippen LogP contribution in [0.25, 0.3) is 0 Å². The van der Waals surface area contributed by atoms with E-state index < -0.39 is 17.9 Å². The molecule has 1 aromatic carbocycles. The van der Waals surface area contributed by atoms with Crippen molar-refractivity contribution in [3.05, 3.63) is 72.4 Å². The van der Waals surface area contributed by atoms with Crippen LogP contribution in [-0.4, -0.2) is 36.2 Å². The second kappa shape index (κ2) is 12.3. The number of aliphatic carboxylic acids is 1. The molecule has 25 heavy (non-hydrogen) atoms. The first-order valence-electron chi connectivity index (χ1n) is 7.40. The molecule has 0 saturated carbocycles. The Morgan fingerprint density at radius 3 is 1.64 bits per heavy atom. The molecule has 0 radical (unpaired) electrons. The van der Waals surface area contributed by atoms with E-state index in [4.69, 9.17) is 14.6 Å². The van der Waals surface area contributed by atoms with Crippen molar-refractivity contribution in [3.8, 4) is 0 Å². The fourth-order valence-electron chi connectivity index (χ4n) is 1.39. The number of rotatable bonds is 7. The Morgan fingerprint density at radius 1 is 1.00 bits per heavy atom. The summed E-state index contributed by atoms with van der Waals surface area (Å²) in [7, 11) is 0. The molecule has 0 unspecified atom stereocenters. The van der Waals surface area contributed by atoms with Crippen molar-refractivity contribution in [1.29, 1.82) is 0 Å². The van der Waals surface area contributed by atoms with Gasteiger partial charge in [-0.2, -0.15) is 0 Å². The zero-order valence-electron chi connectivity index (χ0n) is 14.4. The number of carbonyl (C=O) groups is 3. The fourth-order valence-corrected chi connectivity index (χ4v) is 1.39. The second-order valence-corrected chi connectivity index (χ2v) is 4.60. The molecule has 1 N–H and O–H groups in total. The number of esters is 2. The maximum atomic E-state index is 11.7. The lowest BCUT2D eigenvalue weighted by atomic mass is 10.1. The van der Waals surface area contributed by atoms with Crippen LogP contribution in [0.15, 0.2) is 61.2 Å².